The number of aliphatic hydroxyl groups excluding tert-OH is 2. The highest BCUT2D eigenvalue weighted by Crippen LogP contribution is 2.51. The lowest BCUT2D eigenvalue weighted by Gasteiger charge is -2.53. The summed E-state index contributed by atoms with van der Waals surface area (Å²) in [6.07, 6.45) is -1.60. The molecule has 2 aromatic carbocycles. The maximum absolute atomic E-state index is 13.6. The molecule has 39 heavy (non-hydrogen) atoms. The molecule has 3 aliphatic heterocycles. The standard InChI is InChI=1S/C28H33N5O5S/c1-17-8-6-7-11-19(17)15-33-27(38)24-28(33,2)39-16-32(24)26(37)23(35)21(14-18-9-4-3-5-10-18)29-25(36)20-12-13-22(34)31-30-20/h3-11,21-24,31,34-35H,12-16H2,1-2H3,(H,29,36)/t21-,22?,23-,24+,28?/m0/s1. The van der Waals surface area contributed by atoms with Gasteiger partial charge in [0.15, 0.2) is 6.10 Å². The number of rotatable bonds is 8. The third kappa shape index (κ3) is 5.26. The van der Waals surface area contributed by atoms with Crippen LogP contribution in [0, 0.1) is 6.92 Å². The summed E-state index contributed by atoms with van der Waals surface area (Å²) in [4.78, 5) is 42.5. The van der Waals surface area contributed by atoms with Crippen LogP contribution in [-0.2, 0) is 27.3 Å². The van der Waals surface area contributed by atoms with Gasteiger partial charge in [-0.2, -0.15) is 5.10 Å². The number of amides is 3. The maximum atomic E-state index is 13.6. The molecule has 0 saturated carbocycles. The number of hydrogen-bond donors (Lipinski definition) is 4. The number of fused-ring (bicyclic) bond motifs is 1. The normalized spacial score (nSPS) is 25.6. The molecular weight excluding hydrogens is 518 g/mol. The van der Waals surface area contributed by atoms with Crippen molar-refractivity contribution < 1.29 is 24.6 Å². The quantitative estimate of drug-likeness (QED) is 0.361. The van der Waals surface area contributed by atoms with Gasteiger partial charge in [0.25, 0.3) is 11.8 Å². The summed E-state index contributed by atoms with van der Waals surface area (Å²) in [7, 11) is 0. The second-order valence-corrected chi connectivity index (χ2v) is 11.7. The third-order valence-corrected chi connectivity index (χ3v) is 9.17. The Morgan fingerprint density at radius 2 is 1.92 bits per heavy atom. The van der Waals surface area contributed by atoms with Gasteiger partial charge in [-0.05, 0) is 43.4 Å². The lowest BCUT2D eigenvalue weighted by molar-refractivity contribution is -0.168. The Morgan fingerprint density at radius 3 is 2.62 bits per heavy atom. The molecule has 3 aliphatic rings. The van der Waals surface area contributed by atoms with E-state index >= 15 is 0 Å². The largest absolute Gasteiger partial charge is 0.381 e. The number of carbonyl (C=O) groups is 3. The van der Waals surface area contributed by atoms with Crippen molar-refractivity contribution in [1.82, 2.24) is 20.5 Å². The number of β-lactam (4-membered cyclic amide) rings is 1. The molecule has 0 aromatic heterocycles. The van der Waals surface area contributed by atoms with Crippen LogP contribution in [0.3, 0.4) is 0 Å². The molecule has 2 aromatic rings. The van der Waals surface area contributed by atoms with E-state index in [-0.39, 0.29) is 30.3 Å². The smallest absolute Gasteiger partial charge is 0.267 e. The fraction of sp³-hybridized carbons (Fsp3) is 0.429. The first-order valence-electron chi connectivity index (χ1n) is 13.0. The summed E-state index contributed by atoms with van der Waals surface area (Å²) >= 11 is 1.50. The van der Waals surface area contributed by atoms with Crippen LogP contribution in [0.25, 0.3) is 0 Å². The first-order chi connectivity index (χ1) is 18.7. The van der Waals surface area contributed by atoms with Crippen LogP contribution in [0.2, 0.25) is 0 Å². The topological polar surface area (TPSA) is 135 Å². The van der Waals surface area contributed by atoms with E-state index in [1.807, 2.05) is 68.4 Å². The summed E-state index contributed by atoms with van der Waals surface area (Å²) in [5, 5.41) is 27.6. The van der Waals surface area contributed by atoms with Crippen molar-refractivity contribution in [3.63, 3.8) is 0 Å². The molecule has 0 aliphatic carbocycles. The zero-order valence-corrected chi connectivity index (χ0v) is 22.7. The van der Waals surface area contributed by atoms with Gasteiger partial charge in [0.1, 0.15) is 22.9 Å². The summed E-state index contributed by atoms with van der Waals surface area (Å²) in [5.41, 5.74) is 5.64. The van der Waals surface area contributed by atoms with E-state index in [1.165, 1.54) is 16.7 Å². The second-order valence-electron chi connectivity index (χ2n) is 10.3. The number of nitrogens with zero attached hydrogens (tertiary/aromatic N) is 3. The Bertz CT molecular complexity index is 1290. The van der Waals surface area contributed by atoms with E-state index in [1.54, 1.807) is 4.90 Å². The minimum Gasteiger partial charge on any atom is -0.381 e. The van der Waals surface area contributed by atoms with Gasteiger partial charge in [0, 0.05) is 13.0 Å². The van der Waals surface area contributed by atoms with Gasteiger partial charge in [-0.1, -0.05) is 54.6 Å². The monoisotopic (exact) mass is 551 g/mol. The van der Waals surface area contributed by atoms with Crippen LogP contribution in [0.1, 0.15) is 36.5 Å². The number of aliphatic hydroxyl groups is 2. The maximum Gasteiger partial charge on any atom is 0.267 e. The molecule has 0 spiro atoms. The summed E-state index contributed by atoms with van der Waals surface area (Å²) in [6.45, 7) is 4.41. The number of hydrazone groups is 1. The lowest BCUT2D eigenvalue weighted by atomic mass is 9.91. The van der Waals surface area contributed by atoms with E-state index < -0.39 is 41.1 Å². The fourth-order valence-electron chi connectivity index (χ4n) is 5.33. The Kier molecular flexibility index (Phi) is 7.66. The van der Waals surface area contributed by atoms with Gasteiger partial charge in [-0.3, -0.25) is 19.8 Å². The fourth-order valence-corrected chi connectivity index (χ4v) is 6.70. The zero-order chi connectivity index (χ0) is 27.7. The summed E-state index contributed by atoms with van der Waals surface area (Å²) in [6, 6.07) is 15.5. The van der Waals surface area contributed by atoms with E-state index in [2.05, 4.69) is 15.8 Å². The molecule has 2 fully saturated rings. The van der Waals surface area contributed by atoms with Gasteiger partial charge >= 0.3 is 0 Å². The van der Waals surface area contributed by atoms with Crippen molar-refractivity contribution in [2.24, 2.45) is 5.10 Å². The average Bonchev–Trinajstić information content (AvgIpc) is 3.25. The third-order valence-electron chi connectivity index (χ3n) is 7.74. The minimum absolute atomic E-state index is 0.156. The predicted octanol–water partition coefficient (Wildman–Crippen LogP) is 1.10. The van der Waals surface area contributed by atoms with Gasteiger partial charge in [-0.25, -0.2) is 0 Å². The van der Waals surface area contributed by atoms with E-state index in [0.29, 0.717) is 13.0 Å². The molecule has 206 valence electrons. The SMILES string of the molecule is Cc1ccccc1CN1C(=O)[C@H]2N(C(=O)[C@@H](O)[C@H](Cc3ccccc3)NC(=O)C3=NNC(O)CC3)CSC21C. The molecule has 3 amide bonds. The molecule has 3 heterocycles. The van der Waals surface area contributed by atoms with Crippen molar-refractivity contribution >= 4 is 35.2 Å². The van der Waals surface area contributed by atoms with Crippen LogP contribution in [-0.4, -0.2) is 78.6 Å². The first kappa shape index (κ1) is 27.2. The van der Waals surface area contributed by atoms with Crippen LogP contribution in [0.4, 0.5) is 0 Å². The predicted molar refractivity (Wildman–Crippen MR) is 147 cm³/mol. The van der Waals surface area contributed by atoms with Gasteiger partial charge in [0.2, 0.25) is 5.91 Å². The molecule has 5 atom stereocenters. The van der Waals surface area contributed by atoms with Crippen molar-refractivity contribution in [3.05, 3.63) is 71.3 Å². The highest BCUT2D eigenvalue weighted by atomic mass is 32.2. The molecule has 2 unspecified atom stereocenters. The Morgan fingerprint density at radius 1 is 1.21 bits per heavy atom. The minimum atomic E-state index is -1.57. The van der Waals surface area contributed by atoms with Gasteiger partial charge in [0.05, 0.1) is 11.9 Å². The second kappa shape index (κ2) is 11.0. The summed E-state index contributed by atoms with van der Waals surface area (Å²) < 4.78 is 0. The molecule has 0 bridgehead atoms. The van der Waals surface area contributed by atoms with E-state index in [9.17, 15) is 24.6 Å². The number of thioether (sulfide) groups is 1. The molecule has 2 saturated heterocycles. The highest BCUT2D eigenvalue weighted by Gasteiger charge is 2.65. The van der Waals surface area contributed by atoms with E-state index in [0.717, 1.165) is 16.7 Å². The zero-order valence-electron chi connectivity index (χ0n) is 21.9. The molecule has 11 heteroatoms. The van der Waals surface area contributed by atoms with Crippen molar-refractivity contribution in [1.29, 1.82) is 0 Å². The number of aryl methyl sites for hydroxylation is 1. The Balaban J connectivity index is 1.31. The first-order valence-corrected chi connectivity index (χ1v) is 14.0. The molecular formula is C28H33N5O5S. The van der Waals surface area contributed by atoms with Crippen LogP contribution in [0.5, 0.6) is 0 Å². The van der Waals surface area contributed by atoms with Crippen LogP contribution < -0.4 is 10.7 Å². The molecule has 0 radical (unpaired) electrons. The molecule has 10 nitrogen and oxygen atoms in total. The number of nitrogens with one attached hydrogen (secondary N) is 2. The number of likely N-dealkylation sites (tertiary alicyclic amines) is 1. The summed E-state index contributed by atoms with van der Waals surface area (Å²) in [5.74, 6) is -1.02. The van der Waals surface area contributed by atoms with Crippen molar-refractivity contribution in [2.45, 2.75) is 68.9 Å². The van der Waals surface area contributed by atoms with Crippen LogP contribution >= 0.6 is 11.8 Å². The van der Waals surface area contributed by atoms with Gasteiger partial charge < -0.3 is 25.3 Å². The highest BCUT2D eigenvalue weighted by molar-refractivity contribution is 8.01. The Hall–Kier alpha value is -3.41. The van der Waals surface area contributed by atoms with Crippen molar-refractivity contribution in [3.8, 4) is 0 Å². The average molecular weight is 552 g/mol. The lowest BCUT2D eigenvalue weighted by Crippen LogP contribution is -2.73. The van der Waals surface area contributed by atoms with E-state index in [4.69, 9.17) is 0 Å². The van der Waals surface area contributed by atoms with Gasteiger partial charge in [-0.15, -0.1) is 11.8 Å². The van der Waals surface area contributed by atoms with Crippen LogP contribution in [0.15, 0.2) is 59.7 Å². The number of benzene rings is 2. The van der Waals surface area contributed by atoms with Crippen molar-refractivity contribution in [2.75, 3.05) is 5.88 Å². The number of hydrogen-bond acceptors (Lipinski definition) is 8. The Labute approximate surface area is 231 Å². The molecule has 4 N–H and O–H groups in total. The number of carbonyl (C=O) groups excluding carboxylic acids is 3. The molecule has 5 rings (SSSR count).